The van der Waals surface area contributed by atoms with Crippen LogP contribution in [0.3, 0.4) is 0 Å². The van der Waals surface area contributed by atoms with Crippen molar-refractivity contribution in [2.45, 2.75) is 24.1 Å². The first-order valence-corrected chi connectivity index (χ1v) is 14.0. The quantitative estimate of drug-likeness (QED) is 0.280. The second-order valence-electron chi connectivity index (χ2n) is 9.73. The zero-order valence-electron chi connectivity index (χ0n) is 22.6. The van der Waals surface area contributed by atoms with E-state index in [2.05, 4.69) is 45.4 Å². The molecular formula is C29H38N6O2S. The van der Waals surface area contributed by atoms with Gasteiger partial charge in [-0.2, -0.15) is 0 Å². The third-order valence-electron chi connectivity index (χ3n) is 6.41. The monoisotopic (exact) mass is 534 g/mol. The second-order valence-corrected chi connectivity index (χ2v) is 10.7. The smallest absolute Gasteiger partial charge is 0.251 e. The number of likely N-dealkylation sites (N-methyl/N-ethyl adjacent to an activating group) is 1. The highest BCUT2D eigenvalue weighted by Crippen LogP contribution is 2.24. The average Bonchev–Trinajstić information content (AvgIpc) is 2.93. The second kappa shape index (κ2) is 14.2. The van der Waals surface area contributed by atoms with E-state index in [4.69, 9.17) is 14.7 Å². The number of hydrogen-bond donors (Lipinski definition) is 1. The van der Waals surface area contributed by atoms with E-state index in [1.807, 2.05) is 49.3 Å². The molecule has 0 aliphatic carbocycles. The number of amides is 1. The summed E-state index contributed by atoms with van der Waals surface area (Å²) < 4.78 is 5.38. The molecule has 2 heterocycles. The van der Waals surface area contributed by atoms with E-state index in [1.54, 1.807) is 18.9 Å². The summed E-state index contributed by atoms with van der Waals surface area (Å²) in [5.41, 5.74) is 4.03. The molecule has 1 aliphatic rings. The molecule has 0 spiro atoms. The normalized spacial score (nSPS) is 14.2. The van der Waals surface area contributed by atoms with Crippen LogP contribution in [0.4, 0.5) is 5.82 Å². The minimum Gasteiger partial charge on any atom is -0.378 e. The van der Waals surface area contributed by atoms with Gasteiger partial charge in [0, 0.05) is 70.3 Å². The van der Waals surface area contributed by atoms with Crippen molar-refractivity contribution in [3.05, 3.63) is 83.0 Å². The number of rotatable bonds is 12. The Hall–Kier alpha value is -2.98. The lowest BCUT2D eigenvalue weighted by atomic mass is 10.1. The lowest BCUT2D eigenvalue weighted by Gasteiger charge is -2.35. The van der Waals surface area contributed by atoms with Gasteiger partial charge in [0.1, 0.15) is 5.82 Å². The van der Waals surface area contributed by atoms with Crippen molar-refractivity contribution < 1.29 is 9.53 Å². The number of nitrogens with zero attached hydrogens (tertiary/aromatic N) is 5. The standard InChI is InChI=1S/C29H38N6O2S/c1-33(2)14-13-30-28(36)25-11-9-24(10-12-25)22-38-29-31-26(21-37-3)19-27(32-29)35-17-15-34(16-18-35)20-23-7-5-4-6-8-23/h4-12,19H,13-18,20-22H2,1-3H3,(H,30,36). The van der Waals surface area contributed by atoms with Crippen LogP contribution in [-0.4, -0.2) is 86.1 Å². The van der Waals surface area contributed by atoms with E-state index in [-0.39, 0.29) is 5.91 Å². The number of benzene rings is 2. The van der Waals surface area contributed by atoms with Gasteiger partial charge in [0.25, 0.3) is 5.91 Å². The predicted octanol–water partition coefficient (Wildman–Crippen LogP) is 3.53. The van der Waals surface area contributed by atoms with Gasteiger partial charge in [-0.1, -0.05) is 54.2 Å². The fourth-order valence-corrected chi connectivity index (χ4v) is 5.11. The van der Waals surface area contributed by atoms with E-state index in [0.717, 1.165) is 67.3 Å². The molecular weight excluding hydrogens is 496 g/mol. The average molecular weight is 535 g/mol. The highest BCUT2D eigenvalue weighted by molar-refractivity contribution is 7.98. The molecule has 0 saturated carbocycles. The van der Waals surface area contributed by atoms with Crippen molar-refractivity contribution >= 4 is 23.5 Å². The fraction of sp³-hybridized carbons (Fsp3) is 0.414. The van der Waals surface area contributed by atoms with Gasteiger partial charge in [0.05, 0.1) is 12.3 Å². The summed E-state index contributed by atoms with van der Waals surface area (Å²) in [6, 6.07) is 20.4. The number of aromatic nitrogens is 2. The molecule has 8 nitrogen and oxygen atoms in total. The summed E-state index contributed by atoms with van der Waals surface area (Å²) >= 11 is 1.60. The van der Waals surface area contributed by atoms with E-state index < -0.39 is 0 Å². The minimum atomic E-state index is -0.0461. The van der Waals surface area contributed by atoms with Gasteiger partial charge < -0.3 is 19.9 Å². The van der Waals surface area contributed by atoms with Gasteiger partial charge in [-0.25, -0.2) is 9.97 Å². The van der Waals surface area contributed by atoms with Crippen LogP contribution in [-0.2, 0) is 23.6 Å². The Bertz CT molecular complexity index is 1150. The lowest BCUT2D eigenvalue weighted by Crippen LogP contribution is -2.46. The zero-order valence-corrected chi connectivity index (χ0v) is 23.4. The van der Waals surface area contributed by atoms with Crippen molar-refractivity contribution in [2.75, 3.05) is 65.4 Å². The Morgan fingerprint density at radius 3 is 2.42 bits per heavy atom. The zero-order chi connectivity index (χ0) is 26.7. The van der Waals surface area contributed by atoms with Crippen LogP contribution in [0, 0.1) is 0 Å². The Morgan fingerprint density at radius 1 is 1.00 bits per heavy atom. The topological polar surface area (TPSA) is 73.8 Å². The Morgan fingerprint density at radius 2 is 1.74 bits per heavy atom. The summed E-state index contributed by atoms with van der Waals surface area (Å²) in [4.78, 5) is 28.8. The molecule has 38 heavy (non-hydrogen) atoms. The number of hydrogen-bond acceptors (Lipinski definition) is 8. The largest absolute Gasteiger partial charge is 0.378 e. The Kier molecular flexibility index (Phi) is 10.5. The summed E-state index contributed by atoms with van der Waals surface area (Å²) in [6.45, 7) is 6.72. The maximum atomic E-state index is 12.3. The predicted molar refractivity (Wildman–Crippen MR) is 154 cm³/mol. The van der Waals surface area contributed by atoms with Gasteiger partial charge in [-0.05, 0) is 37.4 Å². The number of nitrogens with one attached hydrogen (secondary N) is 1. The molecule has 3 aromatic rings. The van der Waals surface area contributed by atoms with Crippen LogP contribution in [0.25, 0.3) is 0 Å². The first-order chi connectivity index (χ1) is 18.5. The number of thioether (sulfide) groups is 1. The fourth-order valence-electron chi connectivity index (χ4n) is 4.28. The van der Waals surface area contributed by atoms with Crippen LogP contribution in [0.2, 0.25) is 0 Å². The molecule has 0 unspecified atom stereocenters. The number of methoxy groups -OCH3 is 1. The van der Waals surface area contributed by atoms with Crippen molar-refractivity contribution in [3.8, 4) is 0 Å². The molecule has 1 fully saturated rings. The van der Waals surface area contributed by atoms with Crippen molar-refractivity contribution in [3.63, 3.8) is 0 Å². The van der Waals surface area contributed by atoms with Gasteiger partial charge in [0.15, 0.2) is 5.16 Å². The molecule has 1 N–H and O–H groups in total. The van der Waals surface area contributed by atoms with E-state index in [1.165, 1.54) is 5.56 Å². The molecule has 9 heteroatoms. The number of carbonyl (C=O) groups is 1. The molecule has 202 valence electrons. The summed E-state index contributed by atoms with van der Waals surface area (Å²) in [6.07, 6.45) is 0. The third-order valence-corrected chi connectivity index (χ3v) is 7.33. The maximum Gasteiger partial charge on any atom is 0.251 e. The SMILES string of the molecule is COCc1cc(N2CCN(Cc3ccccc3)CC2)nc(SCc2ccc(C(=O)NCCN(C)C)cc2)n1. The first kappa shape index (κ1) is 28.0. The molecule has 1 amide bonds. The molecule has 0 atom stereocenters. The summed E-state index contributed by atoms with van der Waals surface area (Å²) in [7, 11) is 5.67. The van der Waals surface area contributed by atoms with Gasteiger partial charge in [-0.3, -0.25) is 9.69 Å². The Labute approximate surface area is 230 Å². The van der Waals surface area contributed by atoms with Crippen LogP contribution in [0.5, 0.6) is 0 Å². The van der Waals surface area contributed by atoms with Crippen molar-refractivity contribution in [1.29, 1.82) is 0 Å². The molecule has 0 radical (unpaired) electrons. The molecule has 2 aromatic carbocycles. The maximum absolute atomic E-state index is 12.3. The van der Waals surface area contributed by atoms with Gasteiger partial charge in [0.2, 0.25) is 0 Å². The van der Waals surface area contributed by atoms with Crippen LogP contribution in [0.1, 0.15) is 27.2 Å². The van der Waals surface area contributed by atoms with Crippen LogP contribution < -0.4 is 10.2 Å². The number of ether oxygens (including phenoxy) is 1. The third kappa shape index (κ3) is 8.52. The van der Waals surface area contributed by atoms with E-state index in [0.29, 0.717) is 18.7 Å². The highest BCUT2D eigenvalue weighted by atomic mass is 32.2. The summed E-state index contributed by atoms with van der Waals surface area (Å²) in [5.74, 6) is 1.64. The molecule has 4 rings (SSSR count). The van der Waals surface area contributed by atoms with Crippen LogP contribution in [0.15, 0.2) is 65.8 Å². The molecule has 1 saturated heterocycles. The van der Waals surface area contributed by atoms with Gasteiger partial charge in [-0.15, -0.1) is 0 Å². The van der Waals surface area contributed by atoms with Crippen LogP contribution >= 0.6 is 11.8 Å². The van der Waals surface area contributed by atoms with E-state index in [9.17, 15) is 4.79 Å². The van der Waals surface area contributed by atoms with Gasteiger partial charge >= 0.3 is 0 Å². The first-order valence-electron chi connectivity index (χ1n) is 13.0. The minimum absolute atomic E-state index is 0.0461. The Balaban J connectivity index is 1.34. The van der Waals surface area contributed by atoms with Crippen molar-refractivity contribution in [1.82, 2.24) is 25.1 Å². The summed E-state index contributed by atoms with van der Waals surface area (Å²) in [5, 5.41) is 3.69. The van der Waals surface area contributed by atoms with E-state index >= 15 is 0 Å². The molecule has 0 bridgehead atoms. The number of piperazine rings is 1. The van der Waals surface area contributed by atoms with Crippen molar-refractivity contribution in [2.24, 2.45) is 0 Å². The number of anilines is 1. The lowest BCUT2D eigenvalue weighted by molar-refractivity contribution is 0.0951. The highest BCUT2D eigenvalue weighted by Gasteiger charge is 2.20. The molecule has 1 aromatic heterocycles. The molecule has 1 aliphatic heterocycles. The number of carbonyl (C=O) groups excluding carboxylic acids is 1.